The van der Waals surface area contributed by atoms with E-state index in [-0.39, 0.29) is 5.91 Å². The first-order valence-electron chi connectivity index (χ1n) is 7.32. The normalized spacial score (nSPS) is 10.4. The highest BCUT2D eigenvalue weighted by Gasteiger charge is 2.12. The maximum Gasteiger partial charge on any atom is 0.265 e. The minimum Gasteiger partial charge on any atom is -0.321 e. The van der Waals surface area contributed by atoms with Gasteiger partial charge in [-0.1, -0.05) is 24.2 Å². The lowest BCUT2D eigenvalue weighted by atomic mass is 10.1. The van der Waals surface area contributed by atoms with E-state index in [2.05, 4.69) is 16.9 Å². The Hall–Kier alpha value is -2.43. The summed E-state index contributed by atoms with van der Waals surface area (Å²) in [5.74, 6) is -0.151. The summed E-state index contributed by atoms with van der Waals surface area (Å²) in [7, 11) is 0. The summed E-state index contributed by atoms with van der Waals surface area (Å²) in [6.07, 6.45) is 1.71. The van der Waals surface area contributed by atoms with Crippen LogP contribution in [0.15, 0.2) is 61.3 Å². The third-order valence-electron chi connectivity index (χ3n) is 3.42. The molecule has 0 fully saturated rings. The number of pyridine rings is 1. The number of aromatic nitrogens is 1. The van der Waals surface area contributed by atoms with E-state index in [1.165, 1.54) is 11.3 Å². The van der Waals surface area contributed by atoms with Crippen LogP contribution in [0, 0.1) is 0 Å². The number of nitrogens with one attached hydrogen (secondary N) is 1. The molecule has 0 aliphatic rings. The van der Waals surface area contributed by atoms with Crippen molar-refractivity contribution in [3.8, 4) is 11.3 Å². The van der Waals surface area contributed by atoms with E-state index in [1.54, 1.807) is 24.4 Å². The van der Waals surface area contributed by atoms with Crippen LogP contribution < -0.4 is 5.32 Å². The van der Waals surface area contributed by atoms with Crippen LogP contribution in [0.5, 0.6) is 0 Å². The van der Waals surface area contributed by atoms with E-state index in [9.17, 15) is 4.79 Å². The second kappa shape index (κ2) is 6.99. The summed E-state index contributed by atoms with van der Waals surface area (Å²) in [5, 5.41) is 3.49. The number of amides is 1. The molecule has 1 amide bonds. The monoisotopic (exact) mass is 354 g/mol. The molecule has 0 aliphatic carbocycles. The highest BCUT2D eigenvalue weighted by molar-refractivity contribution is 7.15. The molecule has 1 N–H and O–H groups in total. The Bertz CT molecular complexity index is 903. The van der Waals surface area contributed by atoms with E-state index >= 15 is 0 Å². The van der Waals surface area contributed by atoms with Crippen LogP contribution in [0.2, 0.25) is 5.02 Å². The highest BCUT2D eigenvalue weighted by atomic mass is 35.5. The summed E-state index contributed by atoms with van der Waals surface area (Å²) >= 11 is 7.68. The first-order valence-corrected chi connectivity index (χ1v) is 8.52. The minimum absolute atomic E-state index is 0.151. The van der Waals surface area contributed by atoms with Crippen LogP contribution in [0.25, 0.3) is 16.8 Å². The third-order valence-corrected chi connectivity index (χ3v) is 4.99. The van der Waals surface area contributed by atoms with Gasteiger partial charge in [-0.3, -0.25) is 9.78 Å². The lowest BCUT2D eigenvalue weighted by molar-refractivity contribution is 0.103. The van der Waals surface area contributed by atoms with Crippen LogP contribution >= 0.6 is 22.9 Å². The summed E-state index contributed by atoms with van der Waals surface area (Å²) < 4.78 is 0. The number of thiophene rings is 1. The number of allylic oxidation sites excluding steroid dienone is 1. The summed E-state index contributed by atoms with van der Waals surface area (Å²) in [6, 6.07) is 14.7. The molecule has 0 radical (unpaired) electrons. The number of carbonyl (C=O) groups is 1. The predicted molar refractivity (Wildman–Crippen MR) is 102 cm³/mol. The van der Waals surface area contributed by atoms with Crippen LogP contribution in [-0.4, -0.2) is 10.9 Å². The van der Waals surface area contributed by atoms with Gasteiger partial charge >= 0.3 is 0 Å². The fraction of sp³-hybridized carbons (Fsp3) is 0.0526. The highest BCUT2D eigenvalue weighted by Crippen LogP contribution is 2.30. The Morgan fingerprint density at radius 1 is 1.17 bits per heavy atom. The molecule has 0 saturated carbocycles. The minimum atomic E-state index is -0.151. The average Bonchev–Trinajstić information content (AvgIpc) is 3.08. The quantitative estimate of drug-likeness (QED) is 0.648. The van der Waals surface area contributed by atoms with E-state index < -0.39 is 0 Å². The van der Waals surface area contributed by atoms with Gasteiger partial charge in [0.2, 0.25) is 0 Å². The Morgan fingerprint density at radius 2 is 1.96 bits per heavy atom. The fourth-order valence-electron chi connectivity index (χ4n) is 2.20. The molecule has 2 aromatic heterocycles. The molecule has 3 aromatic rings. The van der Waals surface area contributed by atoms with E-state index in [0.29, 0.717) is 15.6 Å². The molecule has 0 unspecified atom stereocenters. The van der Waals surface area contributed by atoms with Gasteiger partial charge in [0.05, 0.1) is 15.6 Å². The Kier molecular flexibility index (Phi) is 4.79. The fourth-order valence-corrected chi connectivity index (χ4v) is 3.24. The van der Waals surface area contributed by atoms with Crippen molar-refractivity contribution in [1.82, 2.24) is 4.98 Å². The first kappa shape index (κ1) is 16.4. The standard InChI is InChI=1S/C19H15ClN2OS/c1-12(2)17-8-9-18(24-17)19(23)22-13-6-7-15(20)14(11-13)16-5-3-4-10-21-16/h3-11H,1H2,2H3,(H,22,23). The number of hydrogen-bond donors (Lipinski definition) is 1. The molecular formula is C19H15ClN2OS. The molecular weight excluding hydrogens is 340 g/mol. The predicted octanol–water partition coefficient (Wildman–Crippen LogP) is 5.75. The second-order valence-electron chi connectivity index (χ2n) is 5.31. The molecule has 120 valence electrons. The Labute approximate surface area is 149 Å². The molecule has 0 aliphatic heterocycles. The van der Waals surface area contributed by atoms with Crippen LogP contribution in [-0.2, 0) is 0 Å². The summed E-state index contributed by atoms with van der Waals surface area (Å²) in [5.41, 5.74) is 3.17. The third kappa shape index (κ3) is 3.55. The van der Waals surface area contributed by atoms with Crippen molar-refractivity contribution in [1.29, 1.82) is 0 Å². The summed E-state index contributed by atoms with van der Waals surface area (Å²) in [6.45, 7) is 5.82. The second-order valence-corrected chi connectivity index (χ2v) is 6.80. The molecule has 0 spiro atoms. The number of benzene rings is 1. The van der Waals surface area contributed by atoms with Crippen molar-refractivity contribution >= 4 is 40.1 Å². The number of nitrogens with zero attached hydrogens (tertiary/aromatic N) is 1. The van der Waals surface area contributed by atoms with Crippen molar-refractivity contribution < 1.29 is 4.79 Å². The van der Waals surface area contributed by atoms with Crippen molar-refractivity contribution in [2.75, 3.05) is 5.32 Å². The van der Waals surface area contributed by atoms with Gasteiger partial charge in [0.15, 0.2) is 0 Å². The molecule has 3 rings (SSSR count). The van der Waals surface area contributed by atoms with Crippen LogP contribution in [0.1, 0.15) is 21.5 Å². The number of rotatable bonds is 4. The molecule has 24 heavy (non-hydrogen) atoms. The smallest absolute Gasteiger partial charge is 0.265 e. The zero-order valence-electron chi connectivity index (χ0n) is 13.0. The maximum absolute atomic E-state index is 12.4. The maximum atomic E-state index is 12.4. The van der Waals surface area contributed by atoms with Gasteiger partial charge in [-0.2, -0.15) is 0 Å². The van der Waals surface area contributed by atoms with Gasteiger partial charge in [-0.25, -0.2) is 0 Å². The first-order chi connectivity index (χ1) is 11.5. The van der Waals surface area contributed by atoms with Crippen molar-refractivity contribution in [2.24, 2.45) is 0 Å². The molecule has 0 bridgehead atoms. The van der Waals surface area contributed by atoms with Crippen molar-refractivity contribution in [3.63, 3.8) is 0 Å². The average molecular weight is 355 g/mol. The van der Waals surface area contributed by atoms with Crippen molar-refractivity contribution in [2.45, 2.75) is 6.92 Å². The zero-order valence-corrected chi connectivity index (χ0v) is 14.6. The summed E-state index contributed by atoms with van der Waals surface area (Å²) in [4.78, 5) is 18.4. The van der Waals surface area contributed by atoms with E-state index in [4.69, 9.17) is 11.6 Å². The van der Waals surface area contributed by atoms with Gasteiger partial charge < -0.3 is 5.32 Å². The van der Waals surface area contributed by atoms with Gasteiger partial charge in [0.1, 0.15) is 0 Å². The molecule has 3 nitrogen and oxygen atoms in total. The SMILES string of the molecule is C=C(C)c1ccc(C(=O)Nc2ccc(Cl)c(-c3ccccn3)c2)s1. The molecule has 1 aromatic carbocycles. The number of anilines is 1. The van der Waals surface area contributed by atoms with Gasteiger partial charge in [0, 0.05) is 22.3 Å². The van der Waals surface area contributed by atoms with Gasteiger partial charge in [-0.05, 0) is 55.0 Å². The van der Waals surface area contributed by atoms with Crippen LogP contribution in [0.4, 0.5) is 5.69 Å². The van der Waals surface area contributed by atoms with Gasteiger partial charge in [0.25, 0.3) is 5.91 Å². The van der Waals surface area contributed by atoms with Gasteiger partial charge in [-0.15, -0.1) is 11.3 Å². The lowest BCUT2D eigenvalue weighted by Crippen LogP contribution is -2.10. The molecule has 2 heterocycles. The topological polar surface area (TPSA) is 42.0 Å². The Balaban J connectivity index is 1.85. The molecule has 0 saturated heterocycles. The largest absolute Gasteiger partial charge is 0.321 e. The molecule has 0 atom stereocenters. The molecule has 5 heteroatoms. The number of carbonyl (C=O) groups excluding carboxylic acids is 1. The van der Waals surface area contributed by atoms with E-state index in [0.717, 1.165) is 21.7 Å². The zero-order chi connectivity index (χ0) is 17.1. The number of halogens is 1. The van der Waals surface area contributed by atoms with Crippen molar-refractivity contribution in [3.05, 3.63) is 76.1 Å². The Morgan fingerprint density at radius 3 is 2.62 bits per heavy atom. The van der Waals surface area contributed by atoms with E-state index in [1.807, 2.05) is 37.3 Å². The lowest BCUT2D eigenvalue weighted by Gasteiger charge is -2.08. The van der Waals surface area contributed by atoms with Crippen LogP contribution in [0.3, 0.4) is 0 Å². The number of hydrogen-bond acceptors (Lipinski definition) is 3.